The molecule has 0 aromatic carbocycles. The van der Waals surface area contributed by atoms with Gasteiger partial charge in [-0.05, 0) is 134 Å². The summed E-state index contributed by atoms with van der Waals surface area (Å²) >= 11 is 0. The second kappa shape index (κ2) is 21.9. The van der Waals surface area contributed by atoms with Gasteiger partial charge >= 0.3 is 0 Å². The summed E-state index contributed by atoms with van der Waals surface area (Å²) in [6.45, 7) is 30.4. The number of rotatable bonds is 12. The summed E-state index contributed by atoms with van der Waals surface area (Å²) in [5, 5.41) is 16.8. The molecule has 5 aliphatic carbocycles. The Morgan fingerprint density at radius 2 is 1.40 bits per heavy atom. The molecule has 0 aromatic rings. The minimum atomic E-state index is -0.0382. The van der Waals surface area contributed by atoms with E-state index in [9.17, 15) is 5.11 Å². The Hall–Kier alpha value is -0.600. The average molecular weight is 699 g/mol. The van der Waals surface area contributed by atoms with Crippen LogP contribution in [-0.4, -0.2) is 23.4 Å². The quantitative estimate of drug-likeness (QED) is 0.199. The Morgan fingerprint density at radius 3 is 2.02 bits per heavy atom. The molecule has 0 spiro atoms. The fraction of sp³-hybridized carbons (Fsp3) is 0.917. The Bertz CT molecular complexity index is 983. The van der Waals surface area contributed by atoms with Crippen LogP contribution >= 0.6 is 0 Å². The van der Waals surface area contributed by atoms with Gasteiger partial charge in [0.25, 0.3) is 0 Å². The van der Waals surface area contributed by atoms with Crippen LogP contribution in [-0.2, 0) is 0 Å². The maximum absolute atomic E-state index is 9.81. The Morgan fingerprint density at radius 1 is 0.780 bits per heavy atom. The first-order valence-corrected chi connectivity index (χ1v) is 22.4. The third-order valence-electron chi connectivity index (χ3n) is 15.6. The van der Waals surface area contributed by atoms with Crippen LogP contribution in [0.25, 0.3) is 0 Å². The molecule has 0 bridgehead atoms. The second-order valence-corrected chi connectivity index (χ2v) is 18.7. The van der Waals surface area contributed by atoms with E-state index < -0.39 is 0 Å². The number of fused-ring (bicyclic) bond motifs is 5. The smallest absolute Gasteiger partial charge is 0.0596 e. The number of aliphatic hydroxyl groups excluding tert-OH is 2. The fourth-order valence-corrected chi connectivity index (χ4v) is 12.1. The molecule has 2 nitrogen and oxygen atoms in total. The third kappa shape index (κ3) is 11.0. The molecule has 5 aliphatic rings. The van der Waals surface area contributed by atoms with Crippen molar-refractivity contribution in [3.8, 4) is 0 Å². The van der Waals surface area contributed by atoms with Crippen molar-refractivity contribution in [3.63, 3.8) is 0 Å². The molecule has 50 heavy (non-hydrogen) atoms. The lowest BCUT2D eigenvalue weighted by atomic mass is 9.46. The lowest BCUT2D eigenvalue weighted by molar-refractivity contribution is -0.00444. The van der Waals surface area contributed by atoms with Crippen LogP contribution in [0.1, 0.15) is 198 Å². The molecule has 0 aromatic heterocycles. The van der Waals surface area contributed by atoms with E-state index >= 15 is 0 Å². The van der Waals surface area contributed by atoms with E-state index in [-0.39, 0.29) is 6.10 Å². The molecule has 13 unspecified atom stereocenters. The summed E-state index contributed by atoms with van der Waals surface area (Å²) in [5.74, 6) is 7.97. The summed E-state index contributed by atoms with van der Waals surface area (Å²) in [4.78, 5) is 0. The van der Waals surface area contributed by atoms with Crippen molar-refractivity contribution in [2.24, 2.45) is 70.0 Å². The highest BCUT2D eigenvalue weighted by Gasteiger charge is 2.58. The Labute approximate surface area is 314 Å². The fourth-order valence-electron chi connectivity index (χ4n) is 12.1. The van der Waals surface area contributed by atoms with Gasteiger partial charge in [-0.3, -0.25) is 0 Å². The molecule has 0 heterocycles. The first-order valence-electron chi connectivity index (χ1n) is 22.4. The minimum absolute atomic E-state index is 0.0382. The number of allylic oxidation sites excluding steroid dienone is 3. The zero-order valence-corrected chi connectivity index (χ0v) is 36.0. The van der Waals surface area contributed by atoms with Crippen LogP contribution in [0.15, 0.2) is 23.8 Å². The van der Waals surface area contributed by atoms with E-state index in [1.165, 1.54) is 121 Å². The topological polar surface area (TPSA) is 40.5 Å². The summed E-state index contributed by atoms with van der Waals surface area (Å²) in [5.41, 5.74) is 4.44. The van der Waals surface area contributed by atoms with Gasteiger partial charge in [0, 0.05) is 7.11 Å². The van der Waals surface area contributed by atoms with Gasteiger partial charge in [0.15, 0.2) is 0 Å². The normalized spacial score (nSPS) is 38.6. The Balaban J connectivity index is 0.000000486. The monoisotopic (exact) mass is 699 g/mol. The molecule has 13 atom stereocenters. The van der Waals surface area contributed by atoms with Gasteiger partial charge in [-0.2, -0.15) is 0 Å². The zero-order valence-electron chi connectivity index (χ0n) is 36.0. The summed E-state index contributed by atoms with van der Waals surface area (Å²) < 4.78 is 0. The lowest BCUT2D eigenvalue weighted by Crippen LogP contribution is -2.49. The van der Waals surface area contributed by atoms with Crippen LogP contribution in [0, 0.1) is 70.0 Å². The SMILES string of the molecule is C=C1C=C2C3CCC(CCCCC(C)CC)C3(C)CCC2C2(C)CCC(CC(C)CCCC)CC12.CC.CCC1C(C)CCC(C)C1O.CO. The molecule has 2 N–H and O–H groups in total. The molecule has 4 saturated carbocycles. The predicted molar refractivity (Wildman–Crippen MR) is 221 cm³/mol. The average Bonchev–Trinajstić information content (AvgIpc) is 3.46. The third-order valence-corrected chi connectivity index (χ3v) is 15.6. The number of hydrogen-bond acceptors (Lipinski definition) is 2. The number of hydrogen-bond donors (Lipinski definition) is 2. The highest BCUT2D eigenvalue weighted by molar-refractivity contribution is 5.38. The van der Waals surface area contributed by atoms with E-state index in [1.807, 2.05) is 19.4 Å². The van der Waals surface area contributed by atoms with Gasteiger partial charge in [0.1, 0.15) is 0 Å². The van der Waals surface area contributed by atoms with E-state index in [2.05, 4.69) is 68.4 Å². The van der Waals surface area contributed by atoms with Crippen molar-refractivity contribution in [1.29, 1.82) is 0 Å². The number of unbranched alkanes of at least 4 members (excludes halogenated alkanes) is 2. The van der Waals surface area contributed by atoms with Crippen molar-refractivity contribution >= 4 is 0 Å². The van der Waals surface area contributed by atoms with Gasteiger partial charge in [0.2, 0.25) is 0 Å². The van der Waals surface area contributed by atoms with Gasteiger partial charge < -0.3 is 10.2 Å². The van der Waals surface area contributed by atoms with Crippen molar-refractivity contribution in [2.75, 3.05) is 7.11 Å². The molecule has 2 heteroatoms. The van der Waals surface area contributed by atoms with Crippen molar-refractivity contribution in [1.82, 2.24) is 0 Å². The molecule has 0 saturated heterocycles. The van der Waals surface area contributed by atoms with Crippen LogP contribution in [0.2, 0.25) is 0 Å². The van der Waals surface area contributed by atoms with E-state index in [0.717, 1.165) is 60.9 Å². The molecule has 0 aliphatic heterocycles. The zero-order chi connectivity index (χ0) is 37.6. The standard InChI is InChI=1S/C35H60.C10H20O.C2H6.CH4O/c1-8-10-13-26(4)22-28-18-20-35(7)32-19-21-34(6)29(15-12-11-14-25(3)9-2)16-17-31(34)30(32)23-27(5)33(35)24-28;1-4-9-7(2)5-6-8(3)10(9)11;2*1-2/h23,25-26,28-29,31-33H,5,8-22,24H2,1-4,6-7H3;7-11H,4-6H2,1-3H3;1-2H3;2H,1H3. The van der Waals surface area contributed by atoms with E-state index in [0.29, 0.717) is 22.7 Å². The van der Waals surface area contributed by atoms with Crippen LogP contribution in [0.5, 0.6) is 0 Å². The highest BCUT2D eigenvalue weighted by atomic mass is 16.3. The van der Waals surface area contributed by atoms with Crippen molar-refractivity contribution in [3.05, 3.63) is 23.8 Å². The molecule has 294 valence electrons. The molecule has 0 radical (unpaired) electrons. The maximum atomic E-state index is 9.81. The van der Waals surface area contributed by atoms with Crippen LogP contribution in [0.3, 0.4) is 0 Å². The molecular formula is C48H90O2. The highest BCUT2D eigenvalue weighted by Crippen LogP contribution is 2.67. The lowest BCUT2D eigenvalue weighted by Gasteiger charge is -2.58. The van der Waals surface area contributed by atoms with Gasteiger partial charge in [0.05, 0.1) is 6.10 Å². The minimum Gasteiger partial charge on any atom is -0.400 e. The molecule has 0 amide bonds. The molecule has 4 fully saturated rings. The first-order chi connectivity index (χ1) is 23.9. The summed E-state index contributed by atoms with van der Waals surface area (Å²) in [6, 6.07) is 0. The van der Waals surface area contributed by atoms with Crippen LogP contribution < -0.4 is 0 Å². The van der Waals surface area contributed by atoms with Crippen LogP contribution in [0.4, 0.5) is 0 Å². The van der Waals surface area contributed by atoms with E-state index in [1.54, 1.807) is 0 Å². The largest absolute Gasteiger partial charge is 0.400 e. The van der Waals surface area contributed by atoms with Gasteiger partial charge in [-0.25, -0.2) is 0 Å². The number of aliphatic hydroxyl groups is 2. The Kier molecular flexibility index (Phi) is 20.0. The first kappa shape index (κ1) is 45.6. The van der Waals surface area contributed by atoms with Gasteiger partial charge in [-0.15, -0.1) is 0 Å². The van der Waals surface area contributed by atoms with Gasteiger partial charge in [-0.1, -0.05) is 158 Å². The summed E-state index contributed by atoms with van der Waals surface area (Å²) in [6.07, 6.45) is 29.4. The van der Waals surface area contributed by atoms with E-state index in [4.69, 9.17) is 11.7 Å². The predicted octanol–water partition coefficient (Wildman–Crippen LogP) is 14.2. The van der Waals surface area contributed by atoms with Crippen molar-refractivity contribution in [2.45, 2.75) is 204 Å². The maximum Gasteiger partial charge on any atom is 0.0596 e. The summed E-state index contributed by atoms with van der Waals surface area (Å²) in [7, 11) is 1.00. The molecule has 5 rings (SSSR count). The van der Waals surface area contributed by atoms with Crippen molar-refractivity contribution < 1.29 is 10.2 Å². The molecular weight excluding hydrogens is 609 g/mol. The second-order valence-electron chi connectivity index (χ2n) is 18.7.